The van der Waals surface area contributed by atoms with Gasteiger partial charge in [0.15, 0.2) is 17.6 Å². The van der Waals surface area contributed by atoms with Crippen LogP contribution < -0.4 is 9.47 Å². The summed E-state index contributed by atoms with van der Waals surface area (Å²) in [6, 6.07) is 12.3. The van der Waals surface area contributed by atoms with Gasteiger partial charge in [-0.1, -0.05) is 18.2 Å². The number of H-pyrrole nitrogens is 1. The fraction of sp³-hybridized carbons (Fsp3) is 0.200. The Kier molecular flexibility index (Phi) is 3.88. The van der Waals surface area contributed by atoms with E-state index in [1.54, 1.807) is 25.1 Å². The molecule has 1 N–H and O–H groups in total. The molecule has 0 fully saturated rings. The van der Waals surface area contributed by atoms with Gasteiger partial charge in [0.05, 0.1) is 5.56 Å². The lowest BCUT2D eigenvalue weighted by Gasteiger charge is -2.13. The number of benzene rings is 2. The Morgan fingerprint density at radius 3 is 2.73 bits per heavy atom. The van der Waals surface area contributed by atoms with Gasteiger partial charge < -0.3 is 19.2 Å². The second kappa shape index (κ2) is 6.22. The molecule has 1 aromatic heterocycles. The second-order valence-corrected chi connectivity index (χ2v) is 6.15. The molecule has 0 spiro atoms. The van der Waals surface area contributed by atoms with E-state index in [2.05, 4.69) is 4.98 Å². The Labute approximate surface area is 149 Å². The molecule has 0 saturated heterocycles. The molecular formula is C20H17NO5. The number of nitrogens with one attached hydrogen (secondary N) is 1. The van der Waals surface area contributed by atoms with Gasteiger partial charge in [-0.05, 0) is 38.1 Å². The van der Waals surface area contributed by atoms with Crippen molar-refractivity contribution < 1.29 is 23.8 Å². The van der Waals surface area contributed by atoms with Crippen LogP contribution in [0.1, 0.15) is 33.3 Å². The number of para-hydroxylation sites is 1. The summed E-state index contributed by atoms with van der Waals surface area (Å²) in [6.07, 6.45) is -0.911. The summed E-state index contributed by atoms with van der Waals surface area (Å²) < 4.78 is 15.9. The lowest BCUT2D eigenvalue weighted by molar-refractivity contribution is 0.0319. The van der Waals surface area contributed by atoms with Crippen LogP contribution in [0.5, 0.6) is 11.5 Å². The minimum absolute atomic E-state index is 0.128. The predicted molar refractivity (Wildman–Crippen MR) is 94.8 cm³/mol. The molecule has 0 radical (unpaired) electrons. The van der Waals surface area contributed by atoms with Crippen LogP contribution in [0.15, 0.2) is 42.5 Å². The maximum atomic E-state index is 12.9. The topological polar surface area (TPSA) is 77.6 Å². The number of hydrogen-bond acceptors (Lipinski definition) is 5. The van der Waals surface area contributed by atoms with Crippen LogP contribution in [0.25, 0.3) is 10.9 Å². The number of aromatic nitrogens is 1. The fourth-order valence-corrected chi connectivity index (χ4v) is 3.10. The number of Topliss-reactive ketones (excluding diaryl/α,β-unsaturated/α-hetero) is 1. The van der Waals surface area contributed by atoms with E-state index in [-0.39, 0.29) is 12.6 Å². The van der Waals surface area contributed by atoms with E-state index < -0.39 is 12.1 Å². The predicted octanol–water partition coefficient (Wildman–Crippen LogP) is 3.63. The SMILES string of the molecule is Cc1[nH]c2ccccc2c1C(=O)C(C)OC(=O)c1ccc2c(c1)OCO2. The van der Waals surface area contributed by atoms with E-state index in [9.17, 15) is 9.59 Å². The molecule has 0 bridgehead atoms. The summed E-state index contributed by atoms with van der Waals surface area (Å²) in [4.78, 5) is 28.4. The molecule has 6 heteroatoms. The summed E-state index contributed by atoms with van der Waals surface area (Å²) in [5, 5.41) is 0.820. The van der Waals surface area contributed by atoms with Gasteiger partial charge in [0.25, 0.3) is 0 Å². The quantitative estimate of drug-likeness (QED) is 0.574. The fourth-order valence-electron chi connectivity index (χ4n) is 3.10. The van der Waals surface area contributed by atoms with Crippen molar-refractivity contribution in [2.24, 2.45) is 0 Å². The lowest BCUT2D eigenvalue weighted by Crippen LogP contribution is -2.24. The lowest BCUT2D eigenvalue weighted by atomic mass is 10.0. The molecule has 26 heavy (non-hydrogen) atoms. The maximum absolute atomic E-state index is 12.9. The third kappa shape index (κ3) is 2.69. The van der Waals surface area contributed by atoms with Crippen molar-refractivity contribution in [2.75, 3.05) is 6.79 Å². The zero-order valence-electron chi connectivity index (χ0n) is 14.4. The van der Waals surface area contributed by atoms with Crippen LogP contribution in [0, 0.1) is 6.92 Å². The summed E-state index contributed by atoms with van der Waals surface area (Å²) in [7, 11) is 0. The molecule has 4 rings (SSSR count). The number of ether oxygens (including phenoxy) is 3. The molecule has 6 nitrogen and oxygen atoms in total. The maximum Gasteiger partial charge on any atom is 0.338 e. The highest BCUT2D eigenvalue weighted by molar-refractivity contribution is 6.11. The third-order valence-corrected chi connectivity index (χ3v) is 4.40. The van der Waals surface area contributed by atoms with Crippen LogP contribution in [-0.2, 0) is 4.74 Å². The van der Waals surface area contributed by atoms with Gasteiger partial charge in [0.1, 0.15) is 0 Å². The number of hydrogen-bond donors (Lipinski definition) is 1. The van der Waals surface area contributed by atoms with Gasteiger partial charge in [-0.2, -0.15) is 0 Å². The van der Waals surface area contributed by atoms with E-state index in [4.69, 9.17) is 14.2 Å². The molecule has 1 unspecified atom stereocenters. The number of carbonyl (C=O) groups is 2. The Morgan fingerprint density at radius 1 is 1.12 bits per heavy atom. The Hall–Kier alpha value is -3.28. The second-order valence-electron chi connectivity index (χ2n) is 6.15. The Morgan fingerprint density at radius 2 is 1.88 bits per heavy atom. The van der Waals surface area contributed by atoms with Crippen molar-refractivity contribution in [1.82, 2.24) is 4.98 Å². The zero-order valence-corrected chi connectivity index (χ0v) is 14.4. The average Bonchev–Trinajstić information content (AvgIpc) is 3.23. The molecule has 2 heterocycles. The Balaban J connectivity index is 1.55. The minimum Gasteiger partial charge on any atom is -0.454 e. The first-order chi connectivity index (χ1) is 12.5. The summed E-state index contributed by atoms with van der Waals surface area (Å²) in [6.45, 7) is 3.54. The molecule has 132 valence electrons. The van der Waals surface area contributed by atoms with Gasteiger partial charge in [0.2, 0.25) is 12.6 Å². The van der Waals surface area contributed by atoms with Crippen molar-refractivity contribution in [3.63, 3.8) is 0 Å². The molecule has 1 aliphatic heterocycles. The number of carbonyl (C=O) groups excluding carboxylic acids is 2. The van der Waals surface area contributed by atoms with Crippen LogP contribution >= 0.6 is 0 Å². The normalized spacial score (nSPS) is 13.6. The van der Waals surface area contributed by atoms with E-state index >= 15 is 0 Å². The van der Waals surface area contributed by atoms with Crippen molar-refractivity contribution in [3.05, 3.63) is 59.3 Å². The van der Waals surface area contributed by atoms with E-state index in [0.717, 1.165) is 16.6 Å². The molecule has 0 saturated carbocycles. The number of ketones is 1. The number of aryl methyl sites for hydroxylation is 1. The molecule has 1 aliphatic rings. The van der Waals surface area contributed by atoms with Gasteiger partial charge in [-0.25, -0.2) is 4.79 Å². The van der Waals surface area contributed by atoms with E-state index in [0.29, 0.717) is 22.6 Å². The van der Waals surface area contributed by atoms with Crippen LogP contribution in [0.4, 0.5) is 0 Å². The average molecular weight is 351 g/mol. The largest absolute Gasteiger partial charge is 0.454 e. The molecule has 2 aromatic carbocycles. The van der Waals surface area contributed by atoms with Crippen LogP contribution in [-0.4, -0.2) is 29.6 Å². The van der Waals surface area contributed by atoms with Gasteiger partial charge in [0, 0.05) is 22.2 Å². The third-order valence-electron chi connectivity index (χ3n) is 4.40. The van der Waals surface area contributed by atoms with E-state index in [1.807, 2.05) is 31.2 Å². The Bertz CT molecular complexity index is 1020. The highest BCUT2D eigenvalue weighted by Gasteiger charge is 2.25. The minimum atomic E-state index is -0.911. The number of esters is 1. The molecule has 3 aromatic rings. The highest BCUT2D eigenvalue weighted by Crippen LogP contribution is 2.33. The molecule has 0 amide bonds. The monoisotopic (exact) mass is 351 g/mol. The van der Waals surface area contributed by atoms with Crippen molar-refractivity contribution in [2.45, 2.75) is 20.0 Å². The van der Waals surface area contributed by atoms with Gasteiger partial charge >= 0.3 is 5.97 Å². The number of aromatic amines is 1. The molecule has 0 aliphatic carbocycles. The smallest absolute Gasteiger partial charge is 0.338 e. The summed E-state index contributed by atoms with van der Waals surface area (Å²) >= 11 is 0. The van der Waals surface area contributed by atoms with Crippen molar-refractivity contribution in [1.29, 1.82) is 0 Å². The van der Waals surface area contributed by atoms with Crippen LogP contribution in [0.3, 0.4) is 0 Å². The van der Waals surface area contributed by atoms with Gasteiger partial charge in [-0.3, -0.25) is 4.79 Å². The zero-order chi connectivity index (χ0) is 18.3. The first kappa shape index (κ1) is 16.2. The van der Waals surface area contributed by atoms with Gasteiger partial charge in [-0.15, -0.1) is 0 Å². The number of rotatable bonds is 4. The van der Waals surface area contributed by atoms with Crippen LogP contribution in [0.2, 0.25) is 0 Å². The molecule has 1 atom stereocenters. The summed E-state index contributed by atoms with van der Waals surface area (Å²) in [5.41, 5.74) is 2.49. The number of fused-ring (bicyclic) bond motifs is 2. The highest BCUT2D eigenvalue weighted by atomic mass is 16.7. The summed E-state index contributed by atoms with van der Waals surface area (Å²) in [5.74, 6) is 0.252. The first-order valence-corrected chi connectivity index (χ1v) is 8.27. The van der Waals surface area contributed by atoms with Crippen molar-refractivity contribution >= 4 is 22.7 Å². The standard InChI is InChI=1S/C20H17NO5/c1-11-18(14-5-3-4-6-15(14)21-11)19(22)12(2)26-20(23)13-7-8-16-17(9-13)25-10-24-16/h3-9,12,21H,10H2,1-2H3. The molecular weight excluding hydrogens is 334 g/mol. The van der Waals surface area contributed by atoms with E-state index in [1.165, 1.54) is 0 Å². The van der Waals surface area contributed by atoms with Crippen molar-refractivity contribution in [3.8, 4) is 11.5 Å². The first-order valence-electron chi connectivity index (χ1n) is 8.27.